The van der Waals surface area contributed by atoms with Crippen LogP contribution in [-0.2, 0) is 17.6 Å². The maximum absolute atomic E-state index is 13.1. The first-order valence-electron chi connectivity index (χ1n) is 11.4. The number of furan rings is 1. The number of rotatable bonds is 6. The van der Waals surface area contributed by atoms with E-state index in [0.717, 1.165) is 54.5 Å². The minimum absolute atomic E-state index is 0.00314. The lowest BCUT2D eigenvalue weighted by atomic mass is 9.96. The third-order valence-electron chi connectivity index (χ3n) is 6.65. The molecule has 0 saturated carbocycles. The highest BCUT2D eigenvalue weighted by atomic mass is 16.5. The summed E-state index contributed by atoms with van der Waals surface area (Å²) in [5.74, 6) is 3.18. The molecule has 1 aliphatic heterocycles. The Morgan fingerprint density at radius 3 is 2.72 bits per heavy atom. The summed E-state index contributed by atoms with van der Waals surface area (Å²) in [6.45, 7) is 0.755. The van der Waals surface area contributed by atoms with Crippen LogP contribution in [0.2, 0.25) is 0 Å². The van der Waals surface area contributed by atoms with E-state index in [1.165, 1.54) is 18.4 Å². The Bertz CT molecular complexity index is 1130. The van der Waals surface area contributed by atoms with Crippen molar-refractivity contribution in [3.8, 4) is 17.2 Å². The number of carbonyl (C=O) groups excluding carboxylic acids is 1. The normalized spacial score (nSPS) is 17.9. The van der Waals surface area contributed by atoms with Crippen molar-refractivity contribution < 1.29 is 23.4 Å². The van der Waals surface area contributed by atoms with Gasteiger partial charge in [0.2, 0.25) is 0 Å². The summed E-state index contributed by atoms with van der Waals surface area (Å²) in [5.41, 5.74) is 3.26. The monoisotopic (exact) mass is 435 g/mol. The standard InChI is InChI=1S/C26H29NO5/c1-29-24-11-9-17(14-25(24)30-2)21-7-5-13-27(21)26(28)16-31-18-10-12-23-20(15-18)19-6-3-4-8-22(19)32-23/h9-12,14-15,21H,3-8,13,16H2,1-2H3. The molecule has 1 saturated heterocycles. The second kappa shape index (κ2) is 8.77. The fourth-order valence-electron chi connectivity index (χ4n) is 5.03. The number of methoxy groups -OCH3 is 2. The molecule has 1 aliphatic carbocycles. The van der Waals surface area contributed by atoms with Gasteiger partial charge in [0.1, 0.15) is 17.1 Å². The molecule has 2 aromatic carbocycles. The van der Waals surface area contributed by atoms with Crippen LogP contribution in [-0.4, -0.2) is 38.2 Å². The molecule has 0 spiro atoms. The van der Waals surface area contributed by atoms with Crippen molar-refractivity contribution in [2.45, 2.75) is 44.6 Å². The van der Waals surface area contributed by atoms with E-state index in [-0.39, 0.29) is 18.6 Å². The molecule has 2 aliphatic rings. The summed E-state index contributed by atoms with van der Waals surface area (Å²) >= 11 is 0. The first kappa shape index (κ1) is 20.7. The van der Waals surface area contributed by atoms with E-state index >= 15 is 0 Å². The van der Waals surface area contributed by atoms with Gasteiger partial charge in [-0.2, -0.15) is 0 Å². The van der Waals surface area contributed by atoms with Crippen LogP contribution in [0.3, 0.4) is 0 Å². The number of likely N-dealkylation sites (tertiary alicyclic amines) is 1. The zero-order valence-electron chi connectivity index (χ0n) is 18.7. The van der Waals surface area contributed by atoms with Crippen molar-refractivity contribution >= 4 is 16.9 Å². The number of ether oxygens (including phenoxy) is 3. The van der Waals surface area contributed by atoms with Gasteiger partial charge in [-0.3, -0.25) is 4.79 Å². The van der Waals surface area contributed by atoms with Gasteiger partial charge in [-0.25, -0.2) is 0 Å². The summed E-state index contributed by atoms with van der Waals surface area (Å²) in [4.78, 5) is 15.0. The van der Waals surface area contributed by atoms with Crippen LogP contribution in [0.15, 0.2) is 40.8 Å². The van der Waals surface area contributed by atoms with Gasteiger partial charge in [0.05, 0.1) is 20.3 Å². The maximum Gasteiger partial charge on any atom is 0.261 e. The molecule has 2 heterocycles. The Kier molecular flexibility index (Phi) is 5.68. The molecule has 1 atom stereocenters. The number of aryl methyl sites for hydroxylation is 2. The van der Waals surface area contributed by atoms with E-state index in [4.69, 9.17) is 18.6 Å². The first-order valence-corrected chi connectivity index (χ1v) is 11.4. The lowest BCUT2D eigenvalue weighted by Crippen LogP contribution is -2.34. The third kappa shape index (κ3) is 3.78. The van der Waals surface area contributed by atoms with Gasteiger partial charge >= 0.3 is 0 Å². The Morgan fingerprint density at radius 1 is 1.03 bits per heavy atom. The largest absolute Gasteiger partial charge is 0.493 e. The molecule has 0 N–H and O–H groups in total. The zero-order valence-corrected chi connectivity index (χ0v) is 18.7. The van der Waals surface area contributed by atoms with Crippen LogP contribution in [0, 0.1) is 0 Å². The summed E-state index contributed by atoms with van der Waals surface area (Å²) < 4.78 is 22.7. The summed E-state index contributed by atoms with van der Waals surface area (Å²) in [7, 11) is 3.25. The molecule has 168 valence electrons. The molecule has 1 unspecified atom stereocenters. The van der Waals surface area contributed by atoms with Gasteiger partial charge in [0.25, 0.3) is 5.91 Å². The van der Waals surface area contributed by atoms with Gasteiger partial charge in [-0.1, -0.05) is 6.07 Å². The van der Waals surface area contributed by atoms with Crippen LogP contribution in [0.1, 0.15) is 48.6 Å². The molecule has 3 aromatic rings. The highest BCUT2D eigenvalue weighted by Gasteiger charge is 2.31. The number of nitrogens with zero attached hydrogens (tertiary/aromatic N) is 1. The van der Waals surface area contributed by atoms with Crippen molar-refractivity contribution in [3.63, 3.8) is 0 Å². The van der Waals surface area contributed by atoms with Gasteiger partial charge in [-0.05, 0) is 68.0 Å². The number of hydrogen-bond donors (Lipinski definition) is 0. The van der Waals surface area contributed by atoms with Crippen LogP contribution < -0.4 is 14.2 Å². The predicted molar refractivity (Wildman–Crippen MR) is 122 cm³/mol. The van der Waals surface area contributed by atoms with E-state index in [2.05, 4.69) is 0 Å². The lowest BCUT2D eigenvalue weighted by Gasteiger charge is -2.25. The van der Waals surface area contributed by atoms with Crippen LogP contribution in [0.4, 0.5) is 0 Å². The van der Waals surface area contributed by atoms with E-state index in [0.29, 0.717) is 17.2 Å². The molecule has 6 heteroatoms. The summed E-state index contributed by atoms with van der Waals surface area (Å²) in [6, 6.07) is 11.8. The van der Waals surface area contributed by atoms with Crippen LogP contribution >= 0.6 is 0 Å². The topological polar surface area (TPSA) is 61.1 Å². The fourth-order valence-corrected chi connectivity index (χ4v) is 5.03. The Hall–Kier alpha value is -3.15. The molecular weight excluding hydrogens is 406 g/mol. The van der Waals surface area contributed by atoms with E-state index in [9.17, 15) is 4.79 Å². The second-order valence-corrected chi connectivity index (χ2v) is 8.52. The van der Waals surface area contributed by atoms with Crippen LogP contribution in [0.25, 0.3) is 11.0 Å². The van der Waals surface area contributed by atoms with Crippen molar-refractivity contribution in [1.82, 2.24) is 4.90 Å². The average molecular weight is 436 g/mol. The minimum atomic E-state index is -0.00314. The number of fused-ring (bicyclic) bond motifs is 3. The van der Waals surface area contributed by atoms with Crippen molar-refractivity contribution in [3.05, 3.63) is 53.3 Å². The molecule has 0 bridgehead atoms. The highest BCUT2D eigenvalue weighted by Crippen LogP contribution is 2.37. The van der Waals surface area contributed by atoms with E-state index in [1.807, 2.05) is 41.3 Å². The number of hydrogen-bond acceptors (Lipinski definition) is 5. The molecular formula is C26H29NO5. The third-order valence-corrected chi connectivity index (χ3v) is 6.65. The Balaban J connectivity index is 1.29. The van der Waals surface area contributed by atoms with Gasteiger partial charge in [0.15, 0.2) is 18.1 Å². The Labute approximate surface area is 188 Å². The predicted octanol–water partition coefficient (Wildman–Crippen LogP) is 5.07. The zero-order chi connectivity index (χ0) is 22.1. The van der Waals surface area contributed by atoms with Gasteiger partial charge in [0, 0.05) is 23.9 Å². The quantitative estimate of drug-likeness (QED) is 0.541. The summed E-state index contributed by atoms with van der Waals surface area (Å²) in [6.07, 6.45) is 6.32. The lowest BCUT2D eigenvalue weighted by molar-refractivity contribution is -0.134. The fraction of sp³-hybridized carbons (Fsp3) is 0.423. The first-order chi connectivity index (χ1) is 15.7. The maximum atomic E-state index is 13.1. The molecule has 6 nitrogen and oxygen atoms in total. The SMILES string of the molecule is COc1ccc(C2CCCN2C(=O)COc2ccc3oc4c(c3c2)CCCC4)cc1OC. The molecule has 5 rings (SSSR count). The molecule has 1 aromatic heterocycles. The van der Waals surface area contributed by atoms with Crippen molar-refractivity contribution in [2.75, 3.05) is 27.4 Å². The number of amides is 1. The smallest absolute Gasteiger partial charge is 0.261 e. The minimum Gasteiger partial charge on any atom is -0.493 e. The Morgan fingerprint density at radius 2 is 1.88 bits per heavy atom. The van der Waals surface area contributed by atoms with E-state index < -0.39 is 0 Å². The van der Waals surface area contributed by atoms with Crippen molar-refractivity contribution in [2.24, 2.45) is 0 Å². The van der Waals surface area contributed by atoms with Gasteiger partial charge < -0.3 is 23.5 Å². The highest BCUT2D eigenvalue weighted by molar-refractivity contribution is 5.84. The van der Waals surface area contributed by atoms with Crippen LogP contribution in [0.5, 0.6) is 17.2 Å². The summed E-state index contributed by atoms with van der Waals surface area (Å²) in [5, 5.41) is 1.12. The average Bonchev–Trinajstić information content (AvgIpc) is 3.47. The molecule has 1 fully saturated rings. The second-order valence-electron chi connectivity index (χ2n) is 8.52. The molecule has 32 heavy (non-hydrogen) atoms. The van der Waals surface area contributed by atoms with Crippen molar-refractivity contribution in [1.29, 1.82) is 0 Å². The number of benzene rings is 2. The molecule has 0 radical (unpaired) electrons. The molecule has 1 amide bonds. The van der Waals surface area contributed by atoms with E-state index in [1.54, 1.807) is 14.2 Å². The van der Waals surface area contributed by atoms with Gasteiger partial charge in [-0.15, -0.1) is 0 Å². The number of carbonyl (C=O) groups is 1.